The molecule has 3 atom stereocenters. The second-order valence-corrected chi connectivity index (χ2v) is 10.6. The van der Waals surface area contributed by atoms with Crippen LogP contribution in [0.25, 0.3) is 0 Å². The summed E-state index contributed by atoms with van der Waals surface area (Å²) in [7, 11) is 0. The zero-order valence-corrected chi connectivity index (χ0v) is 18.3. The predicted octanol–water partition coefficient (Wildman–Crippen LogP) is 4.87. The van der Waals surface area contributed by atoms with Crippen molar-refractivity contribution >= 4 is 17.2 Å². The normalized spacial score (nSPS) is 30.4. The smallest absolute Gasteiger partial charge is 0.232 e. The first kappa shape index (κ1) is 19.7. The zero-order valence-electron chi connectivity index (χ0n) is 17.5. The molecule has 2 saturated heterocycles. The molecule has 1 aromatic rings. The Bertz CT molecular complexity index is 694. The number of thiophene rings is 1. The Labute approximate surface area is 178 Å². The summed E-state index contributed by atoms with van der Waals surface area (Å²) in [6.45, 7) is 3.79. The Kier molecular flexibility index (Phi) is 5.74. The Morgan fingerprint density at radius 1 is 1.17 bits per heavy atom. The lowest BCUT2D eigenvalue weighted by atomic mass is 9.88. The summed E-state index contributed by atoms with van der Waals surface area (Å²) in [6, 6.07) is 3.65. The van der Waals surface area contributed by atoms with Gasteiger partial charge in [-0.25, -0.2) is 0 Å². The SMILES string of the molecule is CC1CC2CCC(C1)N2CC[C@H](NC(=O)C1CCCCC1)c1cc2c(s1)OCO2. The van der Waals surface area contributed by atoms with Gasteiger partial charge in [0.05, 0.1) is 6.04 Å². The fourth-order valence-electron chi connectivity index (χ4n) is 6.02. The van der Waals surface area contributed by atoms with E-state index < -0.39 is 0 Å². The molecule has 2 bridgehead atoms. The molecule has 1 aromatic heterocycles. The van der Waals surface area contributed by atoms with Crippen molar-refractivity contribution in [2.45, 2.75) is 89.3 Å². The molecule has 4 aliphatic rings. The van der Waals surface area contributed by atoms with Crippen LogP contribution in [0.3, 0.4) is 0 Å². The number of nitrogens with one attached hydrogen (secondary N) is 1. The number of hydrogen-bond donors (Lipinski definition) is 1. The van der Waals surface area contributed by atoms with E-state index in [1.165, 1.54) is 49.8 Å². The summed E-state index contributed by atoms with van der Waals surface area (Å²) < 4.78 is 11.1. The summed E-state index contributed by atoms with van der Waals surface area (Å²) in [4.78, 5) is 16.9. The van der Waals surface area contributed by atoms with Gasteiger partial charge >= 0.3 is 0 Å². The molecule has 160 valence electrons. The lowest BCUT2D eigenvalue weighted by molar-refractivity contribution is -0.126. The number of piperidine rings is 1. The monoisotopic (exact) mass is 418 g/mol. The van der Waals surface area contributed by atoms with Gasteiger partial charge in [-0.15, -0.1) is 0 Å². The molecule has 5 rings (SSSR count). The van der Waals surface area contributed by atoms with Gasteiger partial charge in [-0.2, -0.15) is 0 Å². The Hall–Kier alpha value is -1.27. The summed E-state index contributed by atoms with van der Waals surface area (Å²) in [5.41, 5.74) is 0. The van der Waals surface area contributed by atoms with Crippen LogP contribution in [0, 0.1) is 11.8 Å². The highest BCUT2D eigenvalue weighted by atomic mass is 32.1. The average molecular weight is 419 g/mol. The first-order valence-corrected chi connectivity index (χ1v) is 12.4. The van der Waals surface area contributed by atoms with Crippen molar-refractivity contribution in [1.82, 2.24) is 10.2 Å². The van der Waals surface area contributed by atoms with Gasteiger partial charge in [0.2, 0.25) is 17.8 Å². The van der Waals surface area contributed by atoms with Crippen LogP contribution in [0.1, 0.15) is 82.1 Å². The second-order valence-electron chi connectivity index (χ2n) is 9.59. The summed E-state index contributed by atoms with van der Waals surface area (Å²) in [5, 5.41) is 4.29. The van der Waals surface area contributed by atoms with Gasteiger partial charge in [-0.3, -0.25) is 9.69 Å². The highest BCUT2D eigenvalue weighted by Gasteiger charge is 2.39. The first-order valence-electron chi connectivity index (χ1n) is 11.6. The van der Waals surface area contributed by atoms with Crippen molar-refractivity contribution in [3.63, 3.8) is 0 Å². The number of rotatable bonds is 6. The van der Waals surface area contributed by atoms with Gasteiger partial charge in [-0.1, -0.05) is 37.5 Å². The lowest BCUT2D eigenvalue weighted by Gasteiger charge is -2.38. The van der Waals surface area contributed by atoms with E-state index in [0.717, 1.165) is 54.6 Å². The molecule has 1 amide bonds. The molecule has 3 fully saturated rings. The van der Waals surface area contributed by atoms with Gasteiger partial charge in [0, 0.05) is 35.5 Å². The van der Waals surface area contributed by atoms with Crippen LogP contribution >= 0.6 is 11.3 Å². The molecule has 4 heterocycles. The van der Waals surface area contributed by atoms with Crippen LogP contribution in [0.5, 0.6) is 10.8 Å². The predicted molar refractivity (Wildman–Crippen MR) is 114 cm³/mol. The van der Waals surface area contributed by atoms with E-state index in [9.17, 15) is 4.79 Å². The molecule has 3 aliphatic heterocycles. The molecule has 29 heavy (non-hydrogen) atoms. The summed E-state index contributed by atoms with van der Waals surface area (Å²) >= 11 is 1.64. The Morgan fingerprint density at radius 2 is 1.93 bits per heavy atom. The maximum atomic E-state index is 13.0. The van der Waals surface area contributed by atoms with Crippen molar-refractivity contribution in [2.24, 2.45) is 11.8 Å². The molecule has 2 unspecified atom stereocenters. The molecule has 0 spiro atoms. The van der Waals surface area contributed by atoms with Crippen molar-refractivity contribution in [3.05, 3.63) is 10.9 Å². The zero-order chi connectivity index (χ0) is 19.8. The third kappa shape index (κ3) is 4.15. The molecule has 5 nitrogen and oxygen atoms in total. The standard InChI is InChI=1S/C23H34N2O3S/c1-15-11-17-7-8-18(12-15)25(17)10-9-19(21-13-20-23(29-21)28-14-27-20)24-22(26)16-5-3-2-4-6-16/h13,15-19H,2-12,14H2,1H3,(H,24,26)/t15?,17?,18?,19-/m0/s1. The Balaban J connectivity index is 1.28. The topological polar surface area (TPSA) is 50.8 Å². The molecule has 1 N–H and O–H groups in total. The van der Waals surface area contributed by atoms with E-state index in [1.54, 1.807) is 11.3 Å². The van der Waals surface area contributed by atoms with Crippen LogP contribution in [-0.2, 0) is 4.79 Å². The van der Waals surface area contributed by atoms with E-state index in [4.69, 9.17) is 9.47 Å². The van der Waals surface area contributed by atoms with E-state index in [0.29, 0.717) is 6.79 Å². The van der Waals surface area contributed by atoms with E-state index in [2.05, 4.69) is 23.2 Å². The minimum absolute atomic E-state index is 0.0611. The number of ether oxygens (including phenoxy) is 2. The molecular formula is C23H34N2O3S. The number of amides is 1. The van der Waals surface area contributed by atoms with Crippen molar-refractivity contribution in [2.75, 3.05) is 13.3 Å². The molecule has 6 heteroatoms. The third-order valence-corrected chi connectivity index (χ3v) is 8.66. The molecular weight excluding hydrogens is 384 g/mol. The Morgan fingerprint density at radius 3 is 2.66 bits per heavy atom. The molecule has 1 aliphatic carbocycles. The maximum Gasteiger partial charge on any atom is 0.232 e. The minimum Gasteiger partial charge on any atom is -0.453 e. The van der Waals surface area contributed by atoms with Crippen LogP contribution in [0.4, 0.5) is 0 Å². The van der Waals surface area contributed by atoms with Gasteiger partial charge in [0.1, 0.15) is 0 Å². The second kappa shape index (κ2) is 8.46. The van der Waals surface area contributed by atoms with Crippen molar-refractivity contribution in [3.8, 4) is 10.8 Å². The van der Waals surface area contributed by atoms with Gasteiger partial charge in [0.25, 0.3) is 0 Å². The average Bonchev–Trinajstić information content (AvgIpc) is 3.38. The first-order chi connectivity index (χ1) is 14.2. The van der Waals surface area contributed by atoms with E-state index in [-0.39, 0.29) is 17.9 Å². The van der Waals surface area contributed by atoms with Gasteiger partial charge in [0.15, 0.2) is 5.75 Å². The highest BCUT2D eigenvalue weighted by molar-refractivity contribution is 7.14. The fourth-order valence-corrected chi connectivity index (χ4v) is 7.05. The van der Waals surface area contributed by atoms with E-state index in [1.807, 2.05) is 0 Å². The largest absolute Gasteiger partial charge is 0.453 e. The van der Waals surface area contributed by atoms with E-state index >= 15 is 0 Å². The summed E-state index contributed by atoms with van der Waals surface area (Å²) in [5.74, 6) is 2.15. The molecule has 0 aromatic carbocycles. The summed E-state index contributed by atoms with van der Waals surface area (Å²) in [6.07, 6.45) is 12.1. The number of carbonyl (C=O) groups excluding carboxylic acids is 1. The van der Waals surface area contributed by atoms with Gasteiger partial charge < -0.3 is 14.8 Å². The molecule has 0 radical (unpaired) electrons. The quantitative estimate of drug-likeness (QED) is 0.716. The maximum absolute atomic E-state index is 13.0. The van der Waals surface area contributed by atoms with Crippen LogP contribution in [0.2, 0.25) is 0 Å². The van der Waals surface area contributed by atoms with Gasteiger partial charge in [-0.05, 0) is 50.9 Å². The lowest BCUT2D eigenvalue weighted by Crippen LogP contribution is -2.44. The number of fused-ring (bicyclic) bond motifs is 3. The van der Waals surface area contributed by atoms with Crippen LogP contribution in [-0.4, -0.2) is 36.2 Å². The molecule has 1 saturated carbocycles. The van der Waals surface area contributed by atoms with Crippen LogP contribution in [0.15, 0.2) is 6.07 Å². The number of nitrogens with zero attached hydrogens (tertiary/aromatic N) is 1. The third-order valence-electron chi connectivity index (χ3n) is 7.52. The minimum atomic E-state index is 0.0611. The van der Waals surface area contributed by atoms with Crippen molar-refractivity contribution < 1.29 is 14.3 Å². The highest BCUT2D eigenvalue weighted by Crippen LogP contribution is 2.44. The number of carbonyl (C=O) groups is 1. The van der Waals surface area contributed by atoms with Crippen molar-refractivity contribution in [1.29, 1.82) is 0 Å². The number of hydrogen-bond acceptors (Lipinski definition) is 5. The fraction of sp³-hybridized carbons (Fsp3) is 0.783. The van der Waals surface area contributed by atoms with Crippen LogP contribution < -0.4 is 14.8 Å².